The van der Waals surface area contributed by atoms with Gasteiger partial charge in [-0.15, -0.1) is 0 Å². The molecule has 0 saturated heterocycles. The van der Waals surface area contributed by atoms with Gasteiger partial charge in [-0.05, 0) is 29.9 Å². The maximum Gasteiger partial charge on any atom is 0.269 e. The molecule has 0 aromatic heterocycles. The van der Waals surface area contributed by atoms with Gasteiger partial charge in [-0.3, -0.25) is 10.1 Å². The van der Waals surface area contributed by atoms with Crippen molar-refractivity contribution in [1.29, 1.82) is 0 Å². The third-order valence-corrected chi connectivity index (χ3v) is 2.21. The van der Waals surface area contributed by atoms with Gasteiger partial charge in [-0.1, -0.05) is 0 Å². The molecule has 1 N–H and O–H groups in total. The second-order valence-electron chi connectivity index (χ2n) is 3.43. The van der Waals surface area contributed by atoms with Crippen molar-refractivity contribution in [2.75, 3.05) is 0 Å². The Balaban J connectivity index is 2.14. The number of nitrogens with zero attached hydrogens (tertiary/aromatic N) is 1. The molecule has 92 valence electrons. The quantitative estimate of drug-likeness (QED) is 0.490. The number of hydrogen-bond donors (Lipinski definition) is 1. The first-order valence-electron chi connectivity index (χ1n) is 5.09. The van der Waals surface area contributed by atoms with E-state index in [0.717, 1.165) is 0 Å². The maximum absolute atomic E-state index is 11.7. The molecule has 1 aromatic carbocycles. The Morgan fingerprint density at radius 3 is 2.33 bits per heavy atom. The minimum atomic E-state index is -0.516. The summed E-state index contributed by atoms with van der Waals surface area (Å²) in [5, 5.41) is 24.9. The van der Waals surface area contributed by atoms with E-state index in [-0.39, 0.29) is 11.4 Å². The standard InChI is InChI=1S/C12H10N2O4/c15-12(9-5-7-13-8-6-9)18-11-3-1-10(2-4-11)14(16)17/h1-8,13,15H/p-1. The van der Waals surface area contributed by atoms with Gasteiger partial charge in [-0.25, -0.2) is 0 Å². The fourth-order valence-corrected chi connectivity index (χ4v) is 1.32. The molecule has 2 rings (SSSR count). The van der Waals surface area contributed by atoms with Crippen molar-refractivity contribution in [3.63, 3.8) is 0 Å². The van der Waals surface area contributed by atoms with Gasteiger partial charge < -0.3 is 15.2 Å². The van der Waals surface area contributed by atoms with E-state index in [1.54, 1.807) is 24.6 Å². The van der Waals surface area contributed by atoms with Crippen LogP contribution in [0, 0.1) is 10.1 Å². The van der Waals surface area contributed by atoms with Gasteiger partial charge in [0.1, 0.15) is 0 Å². The number of nitro groups is 1. The van der Waals surface area contributed by atoms with E-state index in [1.165, 1.54) is 24.3 Å². The minimum Gasteiger partial charge on any atom is -0.579 e. The van der Waals surface area contributed by atoms with Gasteiger partial charge in [0.05, 0.1) is 10.9 Å². The smallest absolute Gasteiger partial charge is 0.269 e. The number of non-ortho nitro benzene ring substituents is 1. The summed E-state index contributed by atoms with van der Waals surface area (Å²) in [5.41, 5.74) is 0.344. The molecule has 0 unspecified atom stereocenters. The lowest BCUT2D eigenvalue weighted by molar-refractivity contribution is -0.384. The Morgan fingerprint density at radius 2 is 1.78 bits per heavy atom. The van der Waals surface area contributed by atoms with Gasteiger partial charge in [0, 0.05) is 30.3 Å². The van der Waals surface area contributed by atoms with E-state index in [0.29, 0.717) is 5.57 Å². The highest BCUT2D eigenvalue weighted by Crippen LogP contribution is 2.19. The fourth-order valence-electron chi connectivity index (χ4n) is 1.32. The normalized spacial score (nSPS) is 13.0. The Bertz CT molecular complexity index is 530. The van der Waals surface area contributed by atoms with Crippen LogP contribution in [-0.2, 0) is 0 Å². The first kappa shape index (κ1) is 11.7. The Morgan fingerprint density at radius 1 is 1.17 bits per heavy atom. The molecular weight excluding hydrogens is 236 g/mol. The molecule has 0 amide bonds. The molecule has 1 aliphatic heterocycles. The van der Waals surface area contributed by atoms with Crippen LogP contribution >= 0.6 is 0 Å². The summed E-state index contributed by atoms with van der Waals surface area (Å²) in [7, 11) is 0. The molecule has 0 saturated carbocycles. The molecule has 1 aliphatic rings. The number of dihydropyridines is 1. The molecular formula is C12H9N2O4-. The van der Waals surface area contributed by atoms with Crippen LogP contribution in [0.4, 0.5) is 5.69 Å². The molecule has 0 fully saturated rings. The lowest BCUT2D eigenvalue weighted by atomic mass is 10.2. The zero-order valence-electron chi connectivity index (χ0n) is 9.20. The second-order valence-corrected chi connectivity index (χ2v) is 3.43. The monoisotopic (exact) mass is 245 g/mol. The van der Waals surface area contributed by atoms with Crippen LogP contribution in [0.5, 0.6) is 5.75 Å². The number of nitrogens with one attached hydrogen (secondary N) is 1. The summed E-state index contributed by atoms with van der Waals surface area (Å²) >= 11 is 0. The number of ether oxygens (including phenoxy) is 1. The van der Waals surface area contributed by atoms with Crippen LogP contribution in [0.3, 0.4) is 0 Å². The van der Waals surface area contributed by atoms with E-state index < -0.39 is 10.9 Å². The van der Waals surface area contributed by atoms with Crippen molar-refractivity contribution in [3.8, 4) is 5.75 Å². The molecule has 0 aliphatic carbocycles. The maximum atomic E-state index is 11.7. The largest absolute Gasteiger partial charge is 0.579 e. The third-order valence-electron chi connectivity index (χ3n) is 2.21. The Labute approximate surface area is 103 Å². The van der Waals surface area contributed by atoms with E-state index in [4.69, 9.17) is 4.74 Å². The van der Waals surface area contributed by atoms with Crippen molar-refractivity contribution in [2.24, 2.45) is 0 Å². The molecule has 1 heterocycles. The van der Waals surface area contributed by atoms with Gasteiger partial charge in [-0.2, -0.15) is 0 Å². The fraction of sp³-hybridized carbons (Fsp3) is 0. The van der Waals surface area contributed by atoms with Crippen molar-refractivity contribution in [1.82, 2.24) is 5.32 Å². The zero-order valence-corrected chi connectivity index (χ0v) is 9.20. The predicted molar refractivity (Wildman–Crippen MR) is 62.2 cm³/mol. The lowest BCUT2D eigenvalue weighted by Crippen LogP contribution is -2.14. The second kappa shape index (κ2) is 5.05. The van der Waals surface area contributed by atoms with Crippen LogP contribution < -0.4 is 15.2 Å². The summed E-state index contributed by atoms with van der Waals surface area (Å²) in [5.74, 6) is -0.253. The highest BCUT2D eigenvalue weighted by Gasteiger charge is 2.03. The van der Waals surface area contributed by atoms with Crippen molar-refractivity contribution in [2.45, 2.75) is 0 Å². The number of hydrogen-bond acceptors (Lipinski definition) is 5. The first-order chi connectivity index (χ1) is 8.66. The van der Waals surface area contributed by atoms with Gasteiger partial charge in [0.25, 0.3) is 5.69 Å². The van der Waals surface area contributed by atoms with Crippen molar-refractivity contribution < 1.29 is 14.8 Å². The summed E-state index contributed by atoms with van der Waals surface area (Å²) in [6.45, 7) is 0. The lowest BCUT2D eigenvalue weighted by Gasteiger charge is -2.18. The number of allylic oxidation sites excluding steroid dienone is 3. The van der Waals surface area contributed by atoms with Crippen LogP contribution in [0.2, 0.25) is 0 Å². The zero-order chi connectivity index (χ0) is 13.0. The molecule has 0 spiro atoms. The average Bonchev–Trinajstić information content (AvgIpc) is 2.40. The van der Waals surface area contributed by atoms with Crippen LogP contribution in [0.15, 0.2) is 60.3 Å². The van der Waals surface area contributed by atoms with E-state index in [9.17, 15) is 15.2 Å². The van der Waals surface area contributed by atoms with Crippen LogP contribution in [0.1, 0.15) is 0 Å². The van der Waals surface area contributed by atoms with Crippen LogP contribution in [0.25, 0.3) is 0 Å². The summed E-state index contributed by atoms with van der Waals surface area (Å²) in [6, 6.07) is 5.32. The number of nitro benzene ring substituents is 1. The highest BCUT2D eigenvalue weighted by molar-refractivity contribution is 5.38. The van der Waals surface area contributed by atoms with Gasteiger partial charge in [0.2, 0.25) is 0 Å². The predicted octanol–water partition coefficient (Wildman–Crippen LogP) is 1.18. The summed E-state index contributed by atoms with van der Waals surface area (Å²) < 4.78 is 5.06. The number of benzene rings is 1. The molecule has 0 bridgehead atoms. The summed E-state index contributed by atoms with van der Waals surface area (Å²) in [4.78, 5) is 9.93. The average molecular weight is 245 g/mol. The van der Waals surface area contributed by atoms with E-state index in [1.807, 2.05) is 0 Å². The van der Waals surface area contributed by atoms with Gasteiger partial charge in [0.15, 0.2) is 0 Å². The van der Waals surface area contributed by atoms with Crippen LogP contribution in [-0.4, -0.2) is 4.92 Å². The SMILES string of the molecule is O=[N+]([O-])c1ccc(OC([O-])=C2C=CNC=C2)cc1. The topological polar surface area (TPSA) is 87.5 Å². The molecule has 6 heteroatoms. The summed E-state index contributed by atoms with van der Waals surface area (Å²) in [6.07, 6.45) is 6.36. The van der Waals surface area contributed by atoms with Crippen molar-refractivity contribution in [3.05, 3.63) is 70.5 Å². The molecule has 18 heavy (non-hydrogen) atoms. The highest BCUT2D eigenvalue weighted by atomic mass is 16.6. The molecule has 0 atom stereocenters. The molecule has 6 nitrogen and oxygen atoms in total. The molecule has 0 radical (unpaired) electrons. The van der Waals surface area contributed by atoms with E-state index >= 15 is 0 Å². The third kappa shape index (κ3) is 2.67. The Kier molecular flexibility index (Phi) is 3.29. The first-order valence-corrected chi connectivity index (χ1v) is 5.09. The Hall–Kier alpha value is -2.76. The van der Waals surface area contributed by atoms with Crippen molar-refractivity contribution >= 4 is 5.69 Å². The number of rotatable bonds is 3. The van der Waals surface area contributed by atoms with E-state index in [2.05, 4.69) is 5.32 Å². The van der Waals surface area contributed by atoms with Gasteiger partial charge >= 0.3 is 0 Å². The minimum absolute atomic E-state index is 0.0517. The molecule has 1 aromatic rings.